The van der Waals surface area contributed by atoms with Crippen LogP contribution < -0.4 is 11.1 Å². The number of carbonyl (C=O) groups excluding carboxylic acids is 1. The summed E-state index contributed by atoms with van der Waals surface area (Å²) < 4.78 is 0. The highest BCUT2D eigenvalue weighted by molar-refractivity contribution is 5.74. The lowest BCUT2D eigenvalue weighted by molar-refractivity contribution is -0.118. The van der Waals surface area contributed by atoms with Gasteiger partial charge in [0.05, 0.1) is 6.10 Å². The minimum absolute atomic E-state index is 0.0258. The molecule has 2 atom stereocenters. The quantitative estimate of drug-likeness (QED) is 0.701. The minimum atomic E-state index is -0.573. The molecule has 0 aliphatic heterocycles. The fourth-order valence-electron chi connectivity index (χ4n) is 1.91. The van der Waals surface area contributed by atoms with Crippen molar-refractivity contribution in [2.24, 2.45) is 5.73 Å². The van der Waals surface area contributed by atoms with E-state index in [9.17, 15) is 9.90 Å². The van der Waals surface area contributed by atoms with Crippen molar-refractivity contribution < 1.29 is 9.90 Å². The van der Waals surface area contributed by atoms with E-state index in [-0.39, 0.29) is 18.4 Å². The van der Waals surface area contributed by atoms with Gasteiger partial charge in [0, 0.05) is 19.0 Å². The van der Waals surface area contributed by atoms with E-state index >= 15 is 0 Å². The smallest absolute Gasteiger partial charge is 0.218 e. The molecule has 4 heteroatoms. The van der Waals surface area contributed by atoms with Gasteiger partial charge in [0.25, 0.3) is 0 Å². The lowest BCUT2D eigenvalue weighted by atomic mass is 10.00. The number of aliphatic hydroxyl groups excluding tert-OH is 1. The molecule has 1 amide bonds. The van der Waals surface area contributed by atoms with Crippen LogP contribution in [0.3, 0.4) is 0 Å². The lowest BCUT2D eigenvalue weighted by Crippen LogP contribution is -2.33. The van der Waals surface area contributed by atoms with Crippen LogP contribution in [-0.2, 0) is 4.79 Å². The number of benzene rings is 1. The van der Waals surface area contributed by atoms with E-state index in [4.69, 9.17) is 5.73 Å². The first-order valence-electron chi connectivity index (χ1n) is 6.69. The zero-order valence-corrected chi connectivity index (χ0v) is 11.9. The summed E-state index contributed by atoms with van der Waals surface area (Å²) in [5, 5.41) is 13.2. The molecule has 2 unspecified atom stereocenters. The zero-order valence-electron chi connectivity index (χ0n) is 11.9. The Labute approximate surface area is 115 Å². The Kier molecular flexibility index (Phi) is 5.99. The molecule has 19 heavy (non-hydrogen) atoms. The van der Waals surface area contributed by atoms with E-state index in [1.807, 2.05) is 31.2 Å². The van der Waals surface area contributed by atoms with Gasteiger partial charge < -0.3 is 16.2 Å². The van der Waals surface area contributed by atoms with Crippen molar-refractivity contribution in [3.05, 3.63) is 35.4 Å². The maximum Gasteiger partial charge on any atom is 0.218 e. The van der Waals surface area contributed by atoms with Crippen LogP contribution in [0.2, 0.25) is 0 Å². The summed E-state index contributed by atoms with van der Waals surface area (Å²) >= 11 is 0. The number of rotatable bonds is 7. The molecule has 0 aliphatic carbocycles. The van der Waals surface area contributed by atoms with Crippen molar-refractivity contribution in [2.45, 2.75) is 45.3 Å². The van der Waals surface area contributed by atoms with E-state index in [0.29, 0.717) is 12.5 Å². The summed E-state index contributed by atoms with van der Waals surface area (Å²) in [4.78, 5) is 10.7. The van der Waals surface area contributed by atoms with E-state index in [1.165, 1.54) is 5.56 Å². The van der Waals surface area contributed by atoms with Gasteiger partial charge in [-0.05, 0) is 24.0 Å². The zero-order chi connectivity index (χ0) is 14.4. The average molecular weight is 264 g/mol. The van der Waals surface area contributed by atoms with Crippen molar-refractivity contribution in [3.8, 4) is 0 Å². The van der Waals surface area contributed by atoms with Gasteiger partial charge in [-0.3, -0.25) is 4.79 Å². The summed E-state index contributed by atoms with van der Waals surface area (Å²) in [7, 11) is 0. The number of carbonyl (C=O) groups is 1. The van der Waals surface area contributed by atoms with E-state index < -0.39 is 6.10 Å². The van der Waals surface area contributed by atoms with Crippen LogP contribution in [0.25, 0.3) is 0 Å². The Morgan fingerprint density at radius 3 is 2.21 bits per heavy atom. The Hall–Kier alpha value is -1.39. The number of nitrogens with two attached hydrogens (primary N) is 1. The lowest BCUT2D eigenvalue weighted by Gasteiger charge is -2.17. The average Bonchev–Trinajstić information content (AvgIpc) is 2.35. The van der Waals surface area contributed by atoms with Crippen LogP contribution in [0.1, 0.15) is 50.3 Å². The highest BCUT2D eigenvalue weighted by atomic mass is 16.3. The molecule has 0 saturated carbocycles. The fraction of sp³-hybridized carbons (Fsp3) is 0.533. The molecule has 0 spiro atoms. The molecule has 1 rings (SSSR count). The van der Waals surface area contributed by atoms with Gasteiger partial charge >= 0.3 is 0 Å². The van der Waals surface area contributed by atoms with Crippen molar-refractivity contribution >= 4 is 5.91 Å². The molecular formula is C15H24N2O2. The first-order chi connectivity index (χ1) is 8.90. The van der Waals surface area contributed by atoms with E-state index in [1.54, 1.807) is 0 Å². The first-order valence-corrected chi connectivity index (χ1v) is 6.69. The van der Waals surface area contributed by atoms with Gasteiger partial charge in [0.15, 0.2) is 0 Å². The Morgan fingerprint density at radius 1 is 1.21 bits per heavy atom. The van der Waals surface area contributed by atoms with Crippen LogP contribution in [0.15, 0.2) is 24.3 Å². The van der Waals surface area contributed by atoms with Crippen molar-refractivity contribution in [1.82, 2.24) is 5.32 Å². The van der Waals surface area contributed by atoms with Gasteiger partial charge in [0.2, 0.25) is 5.91 Å². The molecule has 106 valence electrons. The van der Waals surface area contributed by atoms with Crippen LogP contribution in [0.4, 0.5) is 0 Å². The number of hydrogen-bond donors (Lipinski definition) is 3. The predicted molar refractivity (Wildman–Crippen MR) is 76.8 cm³/mol. The molecule has 1 aromatic carbocycles. The Bertz CT molecular complexity index is 401. The largest absolute Gasteiger partial charge is 0.387 e. The summed E-state index contributed by atoms with van der Waals surface area (Å²) in [5.41, 5.74) is 7.25. The molecule has 0 bridgehead atoms. The predicted octanol–water partition coefficient (Wildman–Crippen LogP) is 1.70. The van der Waals surface area contributed by atoms with Crippen molar-refractivity contribution in [2.75, 3.05) is 6.54 Å². The minimum Gasteiger partial charge on any atom is -0.387 e. The molecule has 0 aromatic heterocycles. The van der Waals surface area contributed by atoms with Crippen LogP contribution in [-0.4, -0.2) is 23.6 Å². The normalized spacial score (nSPS) is 14.4. The molecule has 4 N–H and O–H groups in total. The number of hydrogen-bond acceptors (Lipinski definition) is 3. The second kappa shape index (κ2) is 7.26. The fourth-order valence-corrected chi connectivity index (χ4v) is 1.91. The van der Waals surface area contributed by atoms with Gasteiger partial charge in [-0.15, -0.1) is 0 Å². The SMILES string of the molecule is CC(CC(N)=O)NCC(O)c1ccc(C(C)C)cc1. The number of nitrogens with one attached hydrogen (secondary N) is 1. The van der Waals surface area contributed by atoms with Gasteiger partial charge in [0.1, 0.15) is 0 Å². The molecule has 0 fully saturated rings. The second-order valence-corrected chi connectivity index (χ2v) is 5.32. The maximum absolute atomic E-state index is 10.7. The van der Waals surface area contributed by atoms with E-state index in [0.717, 1.165) is 5.56 Å². The molecular weight excluding hydrogens is 240 g/mol. The van der Waals surface area contributed by atoms with Crippen LogP contribution in [0, 0.1) is 0 Å². The molecule has 0 radical (unpaired) electrons. The van der Waals surface area contributed by atoms with Gasteiger partial charge in [-0.25, -0.2) is 0 Å². The van der Waals surface area contributed by atoms with Gasteiger partial charge in [-0.2, -0.15) is 0 Å². The standard InChI is InChI=1S/C15H24N2O2/c1-10(2)12-4-6-13(7-5-12)14(18)9-17-11(3)8-15(16)19/h4-7,10-11,14,17-18H,8-9H2,1-3H3,(H2,16,19). The highest BCUT2D eigenvalue weighted by Gasteiger charge is 2.11. The van der Waals surface area contributed by atoms with Crippen molar-refractivity contribution in [1.29, 1.82) is 0 Å². The summed E-state index contributed by atoms with van der Waals surface area (Å²) in [6, 6.07) is 7.94. The van der Waals surface area contributed by atoms with Crippen LogP contribution in [0.5, 0.6) is 0 Å². The summed E-state index contributed by atoms with van der Waals surface area (Å²) in [5.74, 6) is 0.149. The monoisotopic (exact) mass is 264 g/mol. The molecule has 0 aliphatic rings. The molecule has 0 heterocycles. The van der Waals surface area contributed by atoms with E-state index in [2.05, 4.69) is 19.2 Å². The Morgan fingerprint density at radius 2 is 1.74 bits per heavy atom. The third-order valence-electron chi connectivity index (χ3n) is 3.15. The second-order valence-electron chi connectivity index (χ2n) is 5.32. The molecule has 4 nitrogen and oxygen atoms in total. The maximum atomic E-state index is 10.7. The highest BCUT2D eigenvalue weighted by Crippen LogP contribution is 2.18. The molecule has 0 saturated heterocycles. The summed E-state index contributed by atoms with van der Waals surface area (Å²) in [6.07, 6.45) is -0.296. The molecule has 1 aromatic rings. The first kappa shape index (κ1) is 15.7. The number of primary amides is 1. The third kappa shape index (κ3) is 5.41. The summed E-state index contributed by atoms with van der Waals surface area (Å²) in [6.45, 7) is 6.56. The number of aliphatic hydroxyl groups is 1. The Balaban J connectivity index is 2.49. The van der Waals surface area contributed by atoms with Gasteiger partial charge in [-0.1, -0.05) is 38.1 Å². The van der Waals surface area contributed by atoms with Crippen molar-refractivity contribution in [3.63, 3.8) is 0 Å². The third-order valence-corrected chi connectivity index (χ3v) is 3.15. The topological polar surface area (TPSA) is 75.4 Å². The van der Waals surface area contributed by atoms with Crippen LogP contribution >= 0.6 is 0 Å². The number of amides is 1.